The summed E-state index contributed by atoms with van der Waals surface area (Å²) in [4.78, 5) is 4.55. The van der Waals surface area contributed by atoms with Gasteiger partial charge in [-0.3, -0.25) is 0 Å². The number of rotatable bonds is 4. The van der Waals surface area contributed by atoms with Gasteiger partial charge in [0.2, 0.25) is 0 Å². The van der Waals surface area contributed by atoms with Gasteiger partial charge in [-0.2, -0.15) is 0 Å². The Morgan fingerprint density at radius 2 is 1.62 bits per heavy atom. The monoisotopic (exact) mass is 303 g/mol. The first-order valence-electron chi connectivity index (χ1n) is 6.32. The second-order valence-electron chi connectivity index (χ2n) is 4.59. The maximum atomic E-state index is 11.4. The molecule has 0 spiro atoms. The molecule has 0 heterocycles. The minimum absolute atomic E-state index is 0.262. The molecule has 110 valence electrons. The predicted molar refractivity (Wildman–Crippen MR) is 85.9 cm³/mol. The number of benzene rings is 2. The van der Waals surface area contributed by atoms with Gasteiger partial charge < -0.3 is 11.1 Å². The summed E-state index contributed by atoms with van der Waals surface area (Å²) in [6.45, 7) is 0. The highest BCUT2D eigenvalue weighted by molar-refractivity contribution is 7.90. The molecule has 2 aromatic rings. The van der Waals surface area contributed by atoms with Crippen LogP contribution >= 0.6 is 0 Å². The van der Waals surface area contributed by atoms with Gasteiger partial charge in [-0.15, -0.1) is 0 Å². The normalized spacial score (nSPS) is 12.2. The fourth-order valence-electron chi connectivity index (χ4n) is 1.78. The number of aliphatic imine (C=N–C) groups is 1. The fraction of sp³-hybridized carbons (Fsp3) is 0.133. The minimum Gasteiger partial charge on any atom is -0.388 e. The zero-order valence-corrected chi connectivity index (χ0v) is 12.7. The molecule has 6 heteroatoms. The summed E-state index contributed by atoms with van der Waals surface area (Å²) in [5, 5.41) is 3.03. The second kappa shape index (κ2) is 5.97. The van der Waals surface area contributed by atoms with Crippen LogP contribution in [0.3, 0.4) is 0 Å². The highest BCUT2D eigenvalue weighted by Gasteiger charge is 2.06. The highest BCUT2D eigenvalue weighted by atomic mass is 32.2. The van der Waals surface area contributed by atoms with Crippen LogP contribution in [-0.4, -0.2) is 27.6 Å². The molecule has 0 aliphatic carbocycles. The third-order valence-electron chi connectivity index (χ3n) is 2.98. The number of nitrogens with one attached hydrogen (secondary N) is 1. The van der Waals surface area contributed by atoms with E-state index in [1.54, 1.807) is 12.1 Å². The zero-order chi connectivity index (χ0) is 15.5. The standard InChI is InChI=1S/C15H17N3O2S/c1-17-12-5-3-11(4-6-12)15(16)18-13-7-9-14(10-8-13)21(2,19)20/h3-10,17H,1-2H3,(H2,16,18). The molecule has 0 aliphatic rings. The maximum Gasteiger partial charge on any atom is 0.175 e. The van der Waals surface area contributed by atoms with Crippen molar-refractivity contribution in [3.63, 3.8) is 0 Å². The van der Waals surface area contributed by atoms with Gasteiger partial charge in [-0.05, 0) is 48.5 Å². The van der Waals surface area contributed by atoms with Gasteiger partial charge in [0.1, 0.15) is 5.84 Å². The number of hydrogen-bond donors (Lipinski definition) is 2. The van der Waals surface area contributed by atoms with Gasteiger partial charge in [-0.1, -0.05) is 0 Å². The zero-order valence-electron chi connectivity index (χ0n) is 11.9. The molecule has 5 nitrogen and oxygen atoms in total. The Morgan fingerprint density at radius 3 is 2.10 bits per heavy atom. The van der Waals surface area contributed by atoms with E-state index in [0.29, 0.717) is 11.5 Å². The van der Waals surface area contributed by atoms with E-state index in [-0.39, 0.29) is 4.90 Å². The van der Waals surface area contributed by atoms with Gasteiger partial charge >= 0.3 is 0 Å². The second-order valence-corrected chi connectivity index (χ2v) is 6.61. The molecule has 0 aliphatic heterocycles. The van der Waals surface area contributed by atoms with Crippen molar-refractivity contribution < 1.29 is 8.42 Å². The quantitative estimate of drug-likeness (QED) is 0.669. The van der Waals surface area contributed by atoms with Crippen LogP contribution in [0.2, 0.25) is 0 Å². The van der Waals surface area contributed by atoms with Crippen LogP contribution in [0.4, 0.5) is 11.4 Å². The number of nitrogens with zero attached hydrogens (tertiary/aromatic N) is 1. The predicted octanol–water partition coefficient (Wildman–Crippen LogP) is 2.17. The maximum absolute atomic E-state index is 11.4. The van der Waals surface area contributed by atoms with E-state index in [4.69, 9.17) is 5.73 Å². The molecule has 0 fully saturated rings. The summed E-state index contributed by atoms with van der Waals surface area (Å²) in [6, 6.07) is 13.9. The topological polar surface area (TPSA) is 84.5 Å². The average molecular weight is 303 g/mol. The third-order valence-corrected chi connectivity index (χ3v) is 4.11. The summed E-state index contributed by atoms with van der Waals surface area (Å²) < 4.78 is 22.8. The van der Waals surface area contributed by atoms with Crippen LogP contribution in [-0.2, 0) is 9.84 Å². The van der Waals surface area contributed by atoms with Crippen LogP contribution in [0, 0.1) is 0 Å². The Hall–Kier alpha value is -2.34. The molecule has 0 amide bonds. The molecular weight excluding hydrogens is 286 g/mol. The van der Waals surface area contributed by atoms with Gasteiger partial charge in [0.05, 0.1) is 10.6 Å². The van der Waals surface area contributed by atoms with Crippen molar-refractivity contribution in [3.8, 4) is 0 Å². The SMILES string of the molecule is CNc1ccc(C(N)=Nc2ccc(S(C)(=O)=O)cc2)cc1. The lowest BCUT2D eigenvalue weighted by atomic mass is 10.2. The first kappa shape index (κ1) is 15.1. The lowest BCUT2D eigenvalue weighted by molar-refractivity contribution is 0.602. The lowest BCUT2D eigenvalue weighted by Gasteiger charge is -2.04. The van der Waals surface area contributed by atoms with Crippen LogP contribution < -0.4 is 11.1 Å². The molecule has 0 aromatic heterocycles. The third kappa shape index (κ3) is 3.82. The molecule has 21 heavy (non-hydrogen) atoms. The largest absolute Gasteiger partial charge is 0.388 e. The van der Waals surface area contributed by atoms with Crippen molar-refractivity contribution in [2.75, 3.05) is 18.6 Å². The van der Waals surface area contributed by atoms with Crippen molar-refractivity contribution in [2.45, 2.75) is 4.90 Å². The molecule has 0 unspecified atom stereocenters. The van der Waals surface area contributed by atoms with E-state index in [0.717, 1.165) is 11.3 Å². The van der Waals surface area contributed by atoms with E-state index in [2.05, 4.69) is 10.3 Å². The number of sulfone groups is 1. The molecule has 0 saturated carbocycles. The van der Waals surface area contributed by atoms with Crippen LogP contribution in [0.1, 0.15) is 5.56 Å². The van der Waals surface area contributed by atoms with Crippen LogP contribution in [0.15, 0.2) is 58.4 Å². The van der Waals surface area contributed by atoms with E-state index >= 15 is 0 Å². The first-order chi connectivity index (χ1) is 9.90. The molecule has 0 atom stereocenters. The Morgan fingerprint density at radius 1 is 1.05 bits per heavy atom. The molecule has 0 bridgehead atoms. The molecule has 0 radical (unpaired) electrons. The summed E-state index contributed by atoms with van der Waals surface area (Å²) in [5.74, 6) is 0.379. The van der Waals surface area contributed by atoms with Crippen molar-refractivity contribution in [2.24, 2.45) is 10.7 Å². The summed E-state index contributed by atoms with van der Waals surface area (Å²) in [7, 11) is -1.35. The number of anilines is 1. The fourth-order valence-corrected chi connectivity index (χ4v) is 2.41. The van der Waals surface area contributed by atoms with E-state index in [1.165, 1.54) is 18.4 Å². The van der Waals surface area contributed by atoms with Crippen molar-refractivity contribution >= 4 is 27.0 Å². The molecular formula is C15H17N3O2S. The number of hydrogen-bond acceptors (Lipinski definition) is 4. The lowest BCUT2D eigenvalue weighted by Crippen LogP contribution is -2.12. The summed E-state index contributed by atoms with van der Waals surface area (Å²) >= 11 is 0. The van der Waals surface area contributed by atoms with Crippen LogP contribution in [0.25, 0.3) is 0 Å². The van der Waals surface area contributed by atoms with E-state index < -0.39 is 9.84 Å². The number of amidine groups is 1. The van der Waals surface area contributed by atoms with Gasteiger partial charge in [0, 0.05) is 24.6 Å². The molecule has 2 rings (SSSR count). The Labute approximate surface area is 124 Å². The van der Waals surface area contributed by atoms with E-state index in [9.17, 15) is 8.42 Å². The van der Waals surface area contributed by atoms with Crippen LogP contribution in [0.5, 0.6) is 0 Å². The van der Waals surface area contributed by atoms with Crippen molar-refractivity contribution in [1.82, 2.24) is 0 Å². The summed E-state index contributed by atoms with van der Waals surface area (Å²) in [6.07, 6.45) is 1.17. The average Bonchev–Trinajstić information content (AvgIpc) is 2.47. The molecule has 0 saturated heterocycles. The van der Waals surface area contributed by atoms with E-state index in [1.807, 2.05) is 31.3 Å². The minimum atomic E-state index is -3.19. The van der Waals surface area contributed by atoms with Gasteiger partial charge in [0.25, 0.3) is 0 Å². The Bertz CT molecular complexity index is 749. The summed E-state index contributed by atoms with van der Waals surface area (Å²) in [5.41, 5.74) is 8.36. The molecule has 2 aromatic carbocycles. The van der Waals surface area contributed by atoms with Crippen molar-refractivity contribution in [3.05, 3.63) is 54.1 Å². The van der Waals surface area contributed by atoms with Gasteiger partial charge in [-0.25, -0.2) is 13.4 Å². The van der Waals surface area contributed by atoms with Crippen molar-refractivity contribution in [1.29, 1.82) is 0 Å². The smallest absolute Gasteiger partial charge is 0.175 e. The molecule has 3 N–H and O–H groups in total. The number of nitrogens with two attached hydrogens (primary N) is 1. The van der Waals surface area contributed by atoms with Gasteiger partial charge in [0.15, 0.2) is 9.84 Å². The Kier molecular flexibility index (Phi) is 4.28. The highest BCUT2D eigenvalue weighted by Crippen LogP contribution is 2.17. The Balaban J connectivity index is 2.25. The first-order valence-corrected chi connectivity index (χ1v) is 8.22.